The lowest BCUT2D eigenvalue weighted by Crippen LogP contribution is -2.58. The van der Waals surface area contributed by atoms with Crippen LogP contribution in [0.1, 0.15) is 46.8 Å². The highest BCUT2D eigenvalue weighted by Crippen LogP contribution is 2.40. The minimum atomic E-state index is -1.71. The summed E-state index contributed by atoms with van der Waals surface area (Å²) < 4.78 is 32.6. The molecular weight excluding hydrogens is 554 g/mol. The number of carbonyl (C=O) groups excluding carboxylic acids is 3. The van der Waals surface area contributed by atoms with Crippen molar-refractivity contribution in [2.24, 2.45) is 0 Å². The van der Waals surface area contributed by atoms with Crippen LogP contribution in [0.15, 0.2) is 53.1 Å². The van der Waals surface area contributed by atoms with E-state index < -0.39 is 58.8 Å². The zero-order valence-electron chi connectivity index (χ0n) is 23.1. The number of hydrogen-bond donors (Lipinski definition) is 3. The van der Waals surface area contributed by atoms with Crippen LogP contribution < -0.4 is 10.6 Å². The maximum absolute atomic E-state index is 14.1. The Labute approximate surface area is 240 Å². The zero-order chi connectivity index (χ0) is 29.9. The number of nitrogens with zero attached hydrogens (tertiary/aromatic N) is 2. The molecule has 0 aliphatic carbocycles. The highest BCUT2D eigenvalue weighted by molar-refractivity contribution is 8.00. The molecule has 218 valence electrons. The summed E-state index contributed by atoms with van der Waals surface area (Å²) in [5, 5.41) is 20.4. The third-order valence-corrected chi connectivity index (χ3v) is 8.46. The van der Waals surface area contributed by atoms with Crippen LogP contribution >= 0.6 is 11.8 Å². The van der Waals surface area contributed by atoms with Crippen LogP contribution in [0.5, 0.6) is 0 Å². The van der Waals surface area contributed by atoms with Crippen LogP contribution in [-0.4, -0.2) is 61.7 Å². The molecule has 3 N–H and O–H groups in total. The average Bonchev–Trinajstić information content (AvgIpc) is 3.44. The van der Waals surface area contributed by atoms with Crippen molar-refractivity contribution >= 4 is 29.5 Å². The molecule has 0 bridgehead atoms. The van der Waals surface area contributed by atoms with Gasteiger partial charge in [-0.2, -0.15) is 0 Å². The lowest BCUT2D eigenvalue weighted by molar-refractivity contribution is -0.147. The van der Waals surface area contributed by atoms with Crippen LogP contribution in [-0.2, 0) is 22.6 Å². The molecule has 2 heterocycles. The largest absolute Gasteiger partial charge is 0.381 e. The van der Waals surface area contributed by atoms with Crippen molar-refractivity contribution in [2.75, 3.05) is 5.88 Å². The van der Waals surface area contributed by atoms with Crippen LogP contribution in [0.2, 0.25) is 0 Å². The molecule has 1 unspecified atom stereocenters. The summed E-state index contributed by atoms with van der Waals surface area (Å²) in [4.78, 5) is 41.5. The number of aryl methyl sites for hydroxylation is 2. The maximum Gasteiger partial charge on any atom is 0.257 e. The highest BCUT2D eigenvalue weighted by atomic mass is 32.2. The van der Waals surface area contributed by atoms with Gasteiger partial charge < -0.3 is 25.2 Å². The summed E-state index contributed by atoms with van der Waals surface area (Å²) >= 11 is 1.33. The molecule has 0 saturated carbocycles. The fraction of sp³-hybridized carbons (Fsp3) is 0.379. The van der Waals surface area contributed by atoms with Gasteiger partial charge in [0.2, 0.25) is 5.91 Å². The molecular formula is C29H32F2N4O5S. The minimum absolute atomic E-state index is 0.0882. The van der Waals surface area contributed by atoms with Crippen molar-refractivity contribution < 1.29 is 32.8 Å². The van der Waals surface area contributed by atoms with Crippen LogP contribution in [0.25, 0.3) is 0 Å². The molecule has 3 aromatic rings. The van der Waals surface area contributed by atoms with E-state index in [4.69, 9.17) is 4.52 Å². The first-order valence-electron chi connectivity index (χ1n) is 13.0. The molecule has 3 amide bonds. The number of aromatic nitrogens is 1. The molecule has 2 aromatic carbocycles. The van der Waals surface area contributed by atoms with Crippen molar-refractivity contribution in [1.82, 2.24) is 20.7 Å². The first-order valence-corrected chi connectivity index (χ1v) is 14.0. The van der Waals surface area contributed by atoms with Gasteiger partial charge in [0.1, 0.15) is 29.0 Å². The van der Waals surface area contributed by atoms with Crippen LogP contribution in [0.3, 0.4) is 0 Å². The van der Waals surface area contributed by atoms with E-state index >= 15 is 0 Å². The molecule has 1 aliphatic heterocycles. The number of nitrogens with one attached hydrogen (secondary N) is 2. The maximum atomic E-state index is 14.1. The molecule has 41 heavy (non-hydrogen) atoms. The number of benzene rings is 2. The van der Waals surface area contributed by atoms with E-state index in [0.717, 1.165) is 17.7 Å². The molecule has 3 atom stereocenters. The average molecular weight is 587 g/mol. The monoisotopic (exact) mass is 586 g/mol. The van der Waals surface area contributed by atoms with Crippen molar-refractivity contribution in [2.45, 2.75) is 63.6 Å². The van der Waals surface area contributed by atoms with E-state index in [1.54, 1.807) is 52.0 Å². The molecule has 0 spiro atoms. The molecule has 1 saturated heterocycles. The van der Waals surface area contributed by atoms with E-state index in [-0.39, 0.29) is 23.4 Å². The summed E-state index contributed by atoms with van der Waals surface area (Å²) in [5.74, 6) is -3.17. The van der Waals surface area contributed by atoms with Gasteiger partial charge in [0.25, 0.3) is 11.8 Å². The van der Waals surface area contributed by atoms with Gasteiger partial charge >= 0.3 is 0 Å². The van der Waals surface area contributed by atoms with E-state index in [1.165, 1.54) is 22.7 Å². The molecule has 9 nitrogen and oxygen atoms in total. The number of hydrogen-bond acceptors (Lipinski definition) is 7. The molecule has 1 aromatic heterocycles. The molecule has 12 heteroatoms. The van der Waals surface area contributed by atoms with Gasteiger partial charge in [-0.05, 0) is 51.8 Å². The Morgan fingerprint density at radius 3 is 2.39 bits per heavy atom. The van der Waals surface area contributed by atoms with Gasteiger partial charge in [-0.1, -0.05) is 41.6 Å². The Balaban J connectivity index is 1.56. The lowest BCUT2D eigenvalue weighted by Gasteiger charge is -2.33. The van der Waals surface area contributed by atoms with Crippen molar-refractivity contribution in [3.8, 4) is 0 Å². The van der Waals surface area contributed by atoms with Crippen molar-refractivity contribution in [3.63, 3.8) is 0 Å². The number of halogens is 2. The summed E-state index contributed by atoms with van der Waals surface area (Å²) in [7, 11) is 0. The van der Waals surface area contributed by atoms with Gasteiger partial charge in [0, 0.05) is 16.9 Å². The Kier molecular flexibility index (Phi) is 9.13. The molecule has 1 fully saturated rings. The normalized spacial score (nSPS) is 17.6. The second-order valence-electron chi connectivity index (χ2n) is 10.4. The predicted molar refractivity (Wildman–Crippen MR) is 149 cm³/mol. The summed E-state index contributed by atoms with van der Waals surface area (Å²) in [5.41, 5.74) is 1.03. The smallest absolute Gasteiger partial charge is 0.257 e. The van der Waals surface area contributed by atoms with Gasteiger partial charge in [-0.15, -0.1) is 11.8 Å². The number of aliphatic hydroxyl groups excluding tert-OH is 1. The zero-order valence-corrected chi connectivity index (χ0v) is 23.9. The van der Waals surface area contributed by atoms with E-state index in [2.05, 4.69) is 15.8 Å². The van der Waals surface area contributed by atoms with E-state index in [0.29, 0.717) is 11.5 Å². The van der Waals surface area contributed by atoms with Gasteiger partial charge in [-0.25, -0.2) is 8.78 Å². The number of rotatable bonds is 9. The molecule has 4 rings (SSSR count). The number of thioether (sulfide) groups is 1. The Morgan fingerprint density at radius 1 is 1.12 bits per heavy atom. The summed E-state index contributed by atoms with van der Waals surface area (Å²) in [6.45, 7) is 6.32. The number of amides is 3. The third kappa shape index (κ3) is 6.59. The Hall–Kier alpha value is -3.77. The van der Waals surface area contributed by atoms with Gasteiger partial charge in [0.15, 0.2) is 6.10 Å². The molecule has 1 aliphatic rings. The standard InChI is InChI=1S/C29H32F2N4O5S/c1-16-23(17(2)40-34-16)26(37)33-22(13-18-9-6-5-7-10-18)24(36)28(39)35-15-41-29(3,4)25(35)27(38)32-14-19-20(30)11-8-12-21(19)31/h5-12,22,24-25,36H,13-15H2,1-4H3,(H,32,38)(H,33,37)/t22-,24-,25?/m0/s1. The van der Waals surface area contributed by atoms with Crippen LogP contribution in [0.4, 0.5) is 8.78 Å². The van der Waals surface area contributed by atoms with Crippen molar-refractivity contribution in [3.05, 3.63) is 88.3 Å². The lowest BCUT2D eigenvalue weighted by atomic mass is 9.96. The van der Waals surface area contributed by atoms with Gasteiger partial charge in [-0.3, -0.25) is 14.4 Å². The van der Waals surface area contributed by atoms with Crippen LogP contribution in [0, 0.1) is 25.5 Å². The Morgan fingerprint density at radius 2 is 1.78 bits per heavy atom. The van der Waals surface area contributed by atoms with E-state index in [1.807, 2.05) is 6.07 Å². The van der Waals surface area contributed by atoms with Crippen molar-refractivity contribution in [1.29, 1.82) is 0 Å². The fourth-order valence-corrected chi connectivity index (χ4v) is 6.03. The van der Waals surface area contributed by atoms with Gasteiger partial charge in [0.05, 0.1) is 17.6 Å². The summed E-state index contributed by atoms with van der Waals surface area (Å²) in [6.07, 6.45) is -1.59. The first-order chi connectivity index (χ1) is 19.4. The molecule has 0 radical (unpaired) electrons. The predicted octanol–water partition coefficient (Wildman–Crippen LogP) is 3.27. The fourth-order valence-electron chi connectivity index (χ4n) is 4.89. The minimum Gasteiger partial charge on any atom is -0.381 e. The second-order valence-corrected chi connectivity index (χ2v) is 12.0. The number of carbonyl (C=O) groups is 3. The highest BCUT2D eigenvalue weighted by Gasteiger charge is 2.49. The third-order valence-electron chi connectivity index (χ3n) is 7.09. The number of aliphatic hydroxyl groups is 1. The van der Waals surface area contributed by atoms with E-state index in [9.17, 15) is 28.3 Å². The second kappa shape index (κ2) is 12.4. The topological polar surface area (TPSA) is 125 Å². The SMILES string of the molecule is Cc1noc(C)c1C(=O)N[C@@H](Cc1ccccc1)[C@H](O)C(=O)N1CSC(C)(C)C1C(=O)NCc1c(F)cccc1F. The Bertz CT molecular complexity index is 1390. The summed E-state index contributed by atoms with van der Waals surface area (Å²) in [6, 6.07) is 10.3. The quantitative estimate of drug-likeness (QED) is 0.352. The first kappa shape index (κ1) is 30.2.